The van der Waals surface area contributed by atoms with E-state index in [1.165, 1.54) is 38.4 Å². The summed E-state index contributed by atoms with van der Waals surface area (Å²) in [6.07, 6.45) is -1.57. The van der Waals surface area contributed by atoms with Gasteiger partial charge in [-0.1, -0.05) is 23.2 Å². The Kier molecular flexibility index (Phi) is 8.62. The van der Waals surface area contributed by atoms with Crippen LogP contribution in [0.15, 0.2) is 35.3 Å². The maximum Gasteiger partial charge on any atom is 0.398 e. The van der Waals surface area contributed by atoms with E-state index < -0.39 is 52.4 Å². The molecule has 1 aliphatic heterocycles. The fourth-order valence-electron chi connectivity index (χ4n) is 4.83. The highest BCUT2D eigenvalue weighted by atomic mass is 35.5. The molecule has 0 spiro atoms. The van der Waals surface area contributed by atoms with Crippen molar-refractivity contribution in [3.05, 3.63) is 68.6 Å². The summed E-state index contributed by atoms with van der Waals surface area (Å²) in [5.74, 6) is -4.84. The molecule has 45 heavy (non-hydrogen) atoms. The first-order valence-electron chi connectivity index (χ1n) is 13.6. The highest BCUT2D eigenvalue weighted by Crippen LogP contribution is 2.48. The number of aromatic nitrogens is 1. The third-order valence-electron chi connectivity index (χ3n) is 7.77. The van der Waals surface area contributed by atoms with Gasteiger partial charge in [0, 0.05) is 35.0 Å². The minimum absolute atomic E-state index is 0.00994. The molecule has 2 heterocycles. The van der Waals surface area contributed by atoms with E-state index in [2.05, 4.69) is 15.3 Å². The molecule has 3 aromatic rings. The van der Waals surface area contributed by atoms with Crippen molar-refractivity contribution in [2.75, 3.05) is 26.0 Å². The summed E-state index contributed by atoms with van der Waals surface area (Å²) < 4.78 is 69.0. The molecule has 0 saturated heterocycles. The zero-order valence-electron chi connectivity index (χ0n) is 23.9. The molecular formula is C30H27Cl2F4N5O4. The highest BCUT2D eigenvalue weighted by Gasteiger charge is 2.47. The van der Waals surface area contributed by atoms with Crippen molar-refractivity contribution in [2.45, 2.75) is 43.3 Å². The number of nitrogens with zero attached hydrogens (tertiary/aromatic N) is 2. The molecule has 1 aromatic heterocycles. The van der Waals surface area contributed by atoms with Gasteiger partial charge in [-0.2, -0.15) is 13.2 Å². The lowest BCUT2D eigenvalue weighted by atomic mass is 9.82. The number of pyridine rings is 1. The van der Waals surface area contributed by atoms with Crippen LogP contribution in [0.4, 0.5) is 23.2 Å². The molecule has 0 bridgehead atoms. The Labute approximate surface area is 264 Å². The lowest BCUT2D eigenvalue weighted by Crippen LogP contribution is -2.40. The third kappa shape index (κ3) is 6.23. The number of carbonyl (C=O) groups is 2. The number of halogens is 6. The summed E-state index contributed by atoms with van der Waals surface area (Å²) in [6.45, 7) is 0.176. The third-order valence-corrected chi connectivity index (χ3v) is 8.63. The van der Waals surface area contributed by atoms with E-state index in [4.69, 9.17) is 44.1 Å². The van der Waals surface area contributed by atoms with E-state index in [1.54, 1.807) is 0 Å². The number of aliphatic imine (C=N–C) groups is 1. The molecule has 0 radical (unpaired) electrons. The minimum Gasteiger partial charge on any atom is -0.495 e. The molecule has 0 unspecified atom stereocenters. The van der Waals surface area contributed by atoms with E-state index in [-0.39, 0.29) is 57.2 Å². The summed E-state index contributed by atoms with van der Waals surface area (Å²) in [7, 11) is 1.34. The summed E-state index contributed by atoms with van der Waals surface area (Å²) >= 11 is 12.3. The zero-order chi connectivity index (χ0) is 32.8. The first-order valence-corrected chi connectivity index (χ1v) is 14.4. The number of hydrogen-bond donors (Lipinski definition) is 3. The van der Waals surface area contributed by atoms with Crippen molar-refractivity contribution in [1.82, 2.24) is 10.3 Å². The molecule has 5 rings (SSSR count). The van der Waals surface area contributed by atoms with Gasteiger partial charge >= 0.3 is 6.18 Å². The molecule has 238 valence electrons. The van der Waals surface area contributed by atoms with Crippen molar-refractivity contribution >= 4 is 46.9 Å². The SMILES string of the molecule is COc1cc(C(=O)NC[C@H](c2cc3c(c(-c4ccc(F)c(Cl)c4Cl)n2)OC[C@]3(C)C(N)=O)C(F)(F)F)cc(C=NC2CC2)c1N. The second-order valence-corrected chi connectivity index (χ2v) is 11.7. The maximum atomic E-state index is 14.6. The van der Waals surface area contributed by atoms with Gasteiger partial charge in [-0.3, -0.25) is 14.6 Å². The average Bonchev–Trinajstić information content (AvgIpc) is 3.75. The van der Waals surface area contributed by atoms with E-state index >= 15 is 0 Å². The van der Waals surface area contributed by atoms with Crippen LogP contribution in [0.3, 0.4) is 0 Å². The number of nitrogens with two attached hydrogens (primary N) is 2. The predicted octanol–water partition coefficient (Wildman–Crippen LogP) is 5.58. The van der Waals surface area contributed by atoms with Crippen LogP contribution in [0.5, 0.6) is 11.5 Å². The van der Waals surface area contributed by atoms with Crippen molar-refractivity contribution in [2.24, 2.45) is 10.7 Å². The number of fused-ring (bicyclic) bond motifs is 1. The van der Waals surface area contributed by atoms with Gasteiger partial charge in [0.25, 0.3) is 5.91 Å². The first-order chi connectivity index (χ1) is 21.1. The van der Waals surface area contributed by atoms with Crippen LogP contribution in [0.2, 0.25) is 10.0 Å². The van der Waals surface area contributed by atoms with Gasteiger partial charge in [0.15, 0.2) is 0 Å². The Morgan fingerprint density at radius 3 is 2.58 bits per heavy atom. The number of benzene rings is 2. The summed E-state index contributed by atoms with van der Waals surface area (Å²) in [6, 6.07) is 6.10. The van der Waals surface area contributed by atoms with Crippen molar-refractivity contribution in [3.63, 3.8) is 0 Å². The molecule has 2 atom stereocenters. The van der Waals surface area contributed by atoms with Gasteiger partial charge in [-0.15, -0.1) is 0 Å². The fraction of sp³-hybridized carbons (Fsp3) is 0.333. The summed E-state index contributed by atoms with van der Waals surface area (Å²) in [4.78, 5) is 34.2. The van der Waals surface area contributed by atoms with Crippen molar-refractivity contribution in [1.29, 1.82) is 0 Å². The fourth-order valence-corrected chi connectivity index (χ4v) is 5.23. The van der Waals surface area contributed by atoms with Crippen LogP contribution in [-0.2, 0) is 10.2 Å². The number of nitrogen functional groups attached to an aromatic ring is 1. The molecule has 2 amide bonds. The number of primary amides is 1. The van der Waals surface area contributed by atoms with E-state index in [0.717, 1.165) is 25.0 Å². The molecule has 1 fully saturated rings. The van der Waals surface area contributed by atoms with Crippen LogP contribution < -0.4 is 26.3 Å². The number of amides is 2. The van der Waals surface area contributed by atoms with Gasteiger partial charge < -0.3 is 26.3 Å². The smallest absolute Gasteiger partial charge is 0.398 e. The second kappa shape index (κ2) is 12.0. The monoisotopic (exact) mass is 667 g/mol. The number of ether oxygens (including phenoxy) is 2. The van der Waals surface area contributed by atoms with Gasteiger partial charge in [-0.05, 0) is 50.1 Å². The number of alkyl halides is 3. The summed E-state index contributed by atoms with van der Waals surface area (Å²) in [5.41, 5.74) is 10.0. The van der Waals surface area contributed by atoms with Gasteiger partial charge in [0.05, 0.1) is 34.6 Å². The van der Waals surface area contributed by atoms with E-state index in [9.17, 15) is 27.2 Å². The molecular weight excluding hydrogens is 641 g/mol. The number of carbonyl (C=O) groups excluding carboxylic acids is 2. The first kappa shape index (κ1) is 32.3. The van der Waals surface area contributed by atoms with Gasteiger partial charge in [-0.25, -0.2) is 9.37 Å². The largest absolute Gasteiger partial charge is 0.495 e. The van der Waals surface area contributed by atoms with Crippen molar-refractivity contribution in [3.8, 4) is 22.8 Å². The van der Waals surface area contributed by atoms with Crippen LogP contribution in [0.1, 0.15) is 52.9 Å². The van der Waals surface area contributed by atoms with Crippen LogP contribution >= 0.6 is 23.2 Å². The molecule has 15 heteroatoms. The highest BCUT2D eigenvalue weighted by molar-refractivity contribution is 6.43. The quantitative estimate of drug-likeness (QED) is 0.118. The summed E-state index contributed by atoms with van der Waals surface area (Å²) in [5, 5.41) is 1.51. The van der Waals surface area contributed by atoms with Crippen LogP contribution in [-0.4, -0.2) is 55.5 Å². The Bertz CT molecular complexity index is 1730. The van der Waals surface area contributed by atoms with E-state index in [0.29, 0.717) is 5.56 Å². The Morgan fingerprint density at radius 2 is 1.96 bits per heavy atom. The topological polar surface area (TPSA) is 142 Å². The molecule has 5 N–H and O–H groups in total. The number of rotatable bonds is 9. The number of hydrogen-bond acceptors (Lipinski definition) is 7. The minimum atomic E-state index is -4.93. The molecule has 2 aromatic carbocycles. The molecule has 1 saturated carbocycles. The van der Waals surface area contributed by atoms with Crippen LogP contribution in [0.25, 0.3) is 11.3 Å². The average molecular weight is 668 g/mol. The Balaban J connectivity index is 1.55. The standard InChI is InChI=1S/C30H27Cl2F4N5O4/c1-29(28(38)43)12-45-26-17(29)9-20(41-25(26)16-5-6-19(33)23(32)22(16)31)18(30(34,35)36)11-40-27(42)13-7-14(10-39-15-3-4-15)24(37)21(8-13)44-2/h5-10,15,18H,3-4,11-12,37H2,1-2H3,(H2,38,43)(H,40,42)/t18-,29+/m1/s1. The number of methoxy groups -OCH3 is 1. The Hall–Kier alpha value is -4.10. The lowest BCUT2D eigenvalue weighted by Gasteiger charge is -2.24. The predicted molar refractivity (Wildman–Crippen MR) is 161 cm³/mol. The normalized spacial score (nSPS) is 18.4. The number of anilines is 1. The van der Waals surface area contributed by atoms with Gasteiger partial charge in [0.1, 0.15) is 40.9 Å². The lowest BCUT2D eigenvalue weighted by molar-refractivity contribution is -0.149. The Morgan fingerprint density at radius 1 is 1.24 bits per heavy atom. The maximum absolute atomic E-state index is 14.6. The van der Waals surface area contributed by atoms with Gasteiger partial charge in [0.2, 0.25) is 5.91 Å². The zero-order valence-corrected chi connectivity index (χ0v) is 25.4. The van der Waals surface area contributed by atoms with E-state index in [1.807, 2.05) is 0 Å². The van der Waals surface area contributed by atoms with Crippen LogP contribution in [0, 0.1) is 5.82 Å². The number of nitrogens with one attached hydrogen (secondary N) is 1. The molecule has 2 aliphatic rings. The second-order valence-electron chi connectivity index (χ2n) is 11.0. The molecule has 9 nitrogen and oxygen atoms in total. The molecule has 1 aliphatic carbocycles. The van der Waals surface area contributed by atoms with Crippen molar-refractivity contribution < 1.29 is 36.6 Å².